The molecule has 158 valence electrons. The van der Waals surface area contributed by atoms with Gasteiger partial charge < -0.3 is 5.32 Å². The van der Waals surface area contributed by atoms with Crippen molar-refractivity contribution in [2.24, 2.45) is 0 Å². The standard InChI is InChI=1S/C23H20F2N4OS/c1-2-20(22(30)27-18-7-4-3-6-17(18)25)29-21-19(8-5-13-26-21)28-23(29)31-14-15-9-11-16(24)12-10-15/h3-13,20H,2,14H2,1H3,(H,27,30)/t20-/m1/s1. The summed E-state index contributed by atoms with van der Waals surface area (Å²) in [6, 6.07) is 15.3. The summed E-state index contributed by atoms with van der Waals surface area (Å²) < 4.78 is 29.0. The Labute approximate surface area is 182 Å². The number of anilines is 1. The molecule has 0 fully saturated rings. The van der Waals surface area contributed by atoms with Crippen LogP contribution >= 0.6 is 11.8 Å². The molecule has 1 amide bonds. The van der Waals surface area contributed by atoms with E-state index in [1.54, 1.807) is 41.1 Å². The number of hydrogen-bond acceptors (Lipinski definition) is 4. The predicted molar refractivity (Wildman–Crippen MR) is 118 cm³/mol. The average molecular weight is 439 g/mol. The van der Waals surface area contributed by atoms with Crippen LogP contribution in [0.4, 0.5) is 14.5 Å². The normalized spacial score (nSPS) is 12.1. The fraction of sp³-hybridized carbons (Fsp3) is 0.174. The first-order chi connectivity index (χ1) is 15.1. The van der Waals surface area contributed by atoms with Crippen molar-refractivity contribution in [2.45, 2.75) is 30.3 Å². The van der Waals surface area contributed by atoms with Gasteiger partial charge >= 0.3 is 0 Å². The van der Waals surface area contributed by atoms with E-state index in [-0.39, 0.29) is 17.4 Å². The van der Waals surface area contributed by atoms with Crippen LogP contribution in [0.1, 0.15) is 24.9 Å². The Balaban J connectivity index is 1.66. The monoisotopic (exact) mass is 438 g/mol. The molecule has 0 saturated heterocycles. The van der Waals surface area contributed by atoms with Crippen molar-refractivity contribution < 1.29 is 13.6 Å². The molecule has 0 bridgehead atoms. The van der Waals surface area contributed by atoms with Crippen LogP contribution in [0.25, 0.3) is 11.2 Å². The quantitative estimate of drug-likeness (QED) is 0.382. The van der Waals surface area contributed by atoms with E-state index >= 15 is 0 Å². The highest BCUT2D eigenvalue weighted by molar-refractivity contribution is 7.98. The number of aromatic nitrogens is 3. The molecule has 5 nitrogen and oxygen atoms in total. The van der Waals surface area contributed by atoms with Crippen molar-refractivity contribution in [1.29, 1.82) is 0 Å². The third-order valence-corrected chi connectivity index (χ3v) is 5.85. The Morgan fingerprint density at radius 2 is 1.87 bits per heavy atom. The molecule has 8 heteroatoms. The molecule has 2 heterocycles. The van der Waals surface area contributed by atoms with Gasteiger partial charge in [-0.2, -0.15) is 0 Å². The number of thioether (sulfide) groups is 1. The summed E-state index contributed by atoms with van der Waals surface area (Å²) in [4.78, 5) is 22.2. The number of pyridine rings is 1. The molecule has 2 aromatic heterocycles. The maximum absolute atomic E-state index is 14.1. The summed E-state index contributed by atoms with van der Waals surface area (Å²) in [7, 11) is 0. The summed E-state index contributed by atoms with van der Waals surface area (Å²) in [5.41, 5.74) is 2.31. The SMILES string of the molecule is CC[C@H](C(=O)Nc1ccccc1F)n1c(SCc2ccc(F)cc2)nc2cccnc21. The van der Waals surface area contributed by atoms with Crippen LogP contribution in [0.15, 0.2) is 72.0 Å². The molecule has 0 unspecified atom stereocenters. The van der Waals surface area contributed by atoms with Gasteiger partial charge in [0.2, 0.25) is 5.91 Å². The van der Waals surface area contributed by atoms with Crippen molar-refractivity contribution in [2.75, 3.05) is 5.32 Å². The van der Waals surface area contributed by atoms with Gasteiger partial charge in [0, 0.05) is 11.9 Å². The number of benzene rings is 2. The van der Waals surface area contributed by atoms with Crippen molar-refractivity contribution >= 4 is 34.5 Å². The van der Waals surface area contributed by atoms with E-state index < -0.39 is 11.9 Å². The lowest BCUT2D eigenvalue weighted by Gasteiger charge is -2.19. The molecule has 31 heavy (non-hydrogen) atoms. The van der Waals surface area contributed by atoms with E-state index in [1.165, 1.54) is 36.0 Å². The number of amides is 1. The third kappa shape index (κ3) is 4.59. The fourth-order valence-corrected chi connectivity index (χ4v) is 4.29. The number of hydrogen-bond donors (Lipinski definition) is 1. The molecule has 0 aliphatic heterocycles. The molecule has 0 aliphatic rings. The van der Waals surface area contributed by atoms with Gasteiger partial charge in [0.05, 0.1) is 5.69 Å². The lowest BCUT2D eigenvalue weighted by molar-refractivity contribution is -0.119. The zero-order valence-electron chi connectivity index (χ0n) is 16.8. The Bertz CT molecular complexity index is 1210. The minimum atomic E-state index is -0.629. The first-order valence-corrected chi connectivity index (χ1v) is 10.8. The molecule has 4 rings (SSSR count). The van der Waals surface area contributed by atoms with Crippen LogP contribution in [0.3, 0.4) is 0 Å². The van der Waals surface area contributed by atoms with Gasteiger partial charge in [-0.25, -0.2) is 18.7 Å². The number of nitrogens with zero attached hydrogens (tertiary/aromatic N) is 3. The highest BCUT2D eigenvalue weighted by Gasteiger charge is 2.26. The third-order valence-electron chi connectivity index (χ3n) is 4.83. The molecule has 1 N–H and O–H groups in total. The number of nitrogens with one attached hydrogen (secondary N) is 1. The number of rotatable bonds is 7. The molecular formula is C23H20F2N4OS. The van der Waals surface area contributed by atoms with E-state index in [1.807, 2.05) is 13.0 Å². The molecule has 0 spiro atoms. The van der Waals surface area contributed by atoms with Crippen LogP contribution < -0.4 is 5.32 Å². The van der Waals surface area contributed by atoms with Gasteiger partial charge in [-0.05, 0) is 48.4 Å². The summed E-state index contributed by atoms with van der Waals surface area (Å²) in [5.74, 6) is -0.581. The molecule has 4 aromatic rings. The first-order valence-electron chi connectivity index (χ1n) is 9.82. The van der Waals surface area contributed by atoms with Crippen LogP contribution in [-0.2, 0) is 10.5 Å². The second kappa shape index (κ2) is 9.26. The number of para-hydroxylation sites is 1. The van der Waals surface area contributed by atoms with E-state index in [9.17, 15) is 13.6 Å². The Kier molecular flexibility index (Phi) is 6.27. The van der Waals surface area contributed by atoms with E-state index in [4.69, 9.17) is 0 Å². The van der Waals surface area contributed by atoms with Gasteiger partial charge in [-0.15, -0.1) is 0 Å². The second-order valence-corrected chi connectivity index (χ2v) is 7.86. The highest BCUT2D eigenvalue weighted by atomic mass is 32.2. The smallest absolute Gasteiger partial charge is 0.247 e. The molecular weight excluding hydrogens is 418 g/mol. The van der Waals surface area contributed by atoms with Crippen molar-refractivity contribution in [3.63, 3.8) is 0 Å². The lowest BCUT2D eigenvalue weighted by atomic mass is 10.2. The first kappa shape index (κ1) is 21.0. The number of imidazole rings is 1. The number of carbonyl (C=O) groups is 1. The van der Waals surface area contributed by atoms with Crippen molar-refractivity contribution in [1.82, 2.24) is 14.5 Å². The minimum Gasteiger partial charge on any atom is -0.322 e. The highest BCUT2D eigenvalue weighted by Crippen LogP contribution is 2.31. The topological polar surface area (TPSA) is 59.8 Å². The van der Waals surface area contributed by atoms with E-state index in [0.29, 0.717) is 28.5 Å². The summed E-state index contributed by atoms with van der Waals surface area (Å²) in [5, 5.41) is 3.30. The van der Waals surface area contributed by atoms with Gasteiger partial charge in [0.1, 0.15) is 23.2 Å². The molecule has 0 radical (unpaired) electrons. The van der Waals surface area contributed by atoms with E-state index in [2.05, 4.69) is 15.3 Å². The maximum atomic E-state index is 14.1. The maximum Gasteiger partial charge on any atom is 0.247 e. The van der Waals surface area contributed by atoms with Gasteiger partial charge in [-0.3, -0.25) is 9.36 Å². The van der Waals surface area contributed by atoms with Crippen LogP contribution in [0.5, 0.6) is 0 Å². The number of halogens is 2. The van der Waals surface area contributed by atoms with Crippen LogP contribution in [-0.4, -0.2) is 20.4 Å². The summed E-state index contributed by atoms with van der Waals surface area (Å²) in [6.45, 7) is 1.88. The summed E-state index contributed by atoms with van der Waals surface area (Å²) >= 11 is 1.44. The van der Waals surface area contributed by atoms with Gasteiger partial charge in [0.15, 0.2) is 10.8 Å². The van der Waals surface area contributed by atoms with E-state index in [0.717, 1.165) is 5.56 Å². The van der Waals surface area contributed by atoms with Crippen molar-refractivity contribution in [3.8, 4) is 0 Å². The van der Waals surface area contributed by atoms with Crippen LogP contribution in [0.2, 0.25) is 0 Å². The molecule has 2 aromatic carbocycles. The summed E-state index contributed by atoms with van der Waals surface area (Å²) in [6.07, 6.45) is 2.11. The van der Waals surface area contributed by atoms with Crippen LogP contribution in [0, 0.1) is 11.6 Å². The second-order valence-electron chi connectivity index (χ2n) is 6.92. The Morgan fingerprint density at radius 3 is 2.61 bits per heavy atom. The zero-order valence-corrected chi connectivity index (χ0v) is 17.6. The van der Waals surface area contributed by atoms with Crippen molar-refractivity contribution in [3.05, 3.63) is 84.1 Å². The zero-order chi connectivity index (χ0) is 21.8. The number of fused-ring (bicyclic) bond motifs is 1. The molecule has 1 atom stereocenters. The molecule has 0 aliphatic carbocycles. The fourth-order valence-electron chi connectivity index (χ4n) is 3.28. The largest absolute Gasteiger partial charge is 0.322 e. The van der Waals surface area contributed by atoms with Gasteiger partial charge in [0.25, 0.3) is 0 Å². The lowest BCUT2D eigenvalue weighted by Crippen LogP contribution is -2.26. The Hall–Kier alpha value is -3.26. The minimum absolute atomic E-state index is 0.129. The van der Waals surface area contributed by atoms with Gasteiger partial charge in [-0.1, -0.05) is 43.0 Å². The number of carbonyl (C=O) groups excluding carboxylic acids is 1. The average Bonchev–Trinajstić information content (AvgIpc) is 3.14. The molecule has 0 saturated carbocycles. The Morgan fingerprint density at radius 1 is 1.10 bits per heavy atom. The predicted octanol–water partition coefficient (Wildman–Crippen LogP) is 5.59.